The molecule has 0 unspecified atom stereocenters. The average molecular weight is 456 g/mol. The number of hydrogen-bond donors (Lipinski definition) is 1. The molecule has 7 nitrogen and oxygen atoms in total. The lowest BCUT2D eigenvalue weighted by molar-refractivity contribution is 0.0697. The number of anilines is 1. The maximum atomic E-state index is 11.3. The third kappa shape index (κ3) is 3.89. The Morgan fingerprint density at radius 1 is 1.03 bits per heavy atom. The molecule has 8 heteroatoms. The van der Waals surface area contributed by atoms with E-state index in [1.54, 1.807) is 40.7 Å². The molecule has 2 aliphatic rings. The summed E-state index contributed by atoms with van der Waals surface area (Å²) in [5.74, 6) is -0.423. The summed E-state index contributed by atoms with van der Waals surface area (Å²) >= 11 is 1.71. The van der Waals surface area contributed by atoms with Crippen LogP contribution >= 0.6 is 11.8 Å². The summed E-state index contributed by atoms with van der Waals surface area (Å²) in [6.45, 7) is 1.98. The van der Waals surface area contributed by atoms with Gasteiger partial charge in [0.25, 0.3) is 0 Å². The van der Waals surface area contributed by atoms with Crippen molar-refractivity contribution in [1.29, 1.82) is 0 Å². The first-order valence-corrected chi connectivity index (χ1v) is 11.2. The van der Waals surface area contributed by atoms with Crippen molar-refractivity contribution in [2.24, 2.45) is 17.0 Å². The van der Waals surface area contributed by atoms with E-state index in [0.717, 1.165) is 16.3 Å². The molecule has 3 heterocycles. The number of benzene rings is 2. The van der Waals surface area contributed by atoms with Crippen LogP contribution in [0.5, 0.6) is 0 Å². The number of aromatic nitrogens is 2. The van der Waals surface area contributed by atoms with E-state index in [0.29, 0.717) is 22.9 Å². The fourth-order valence-electron chi connectivity index (χ4n) is 3.66. The molecule has 5 rings (SSSR count). The standard InChI is InChI=1S/C25H21N5O2S/c1-15-14-19(28-30(15)3)24-26-18(23(27-24)16-8-10-17(11-9-16)25(31)32)12-13-22-29(2)20-6-4-5-7-21(20)33-22/h4-14H,1-3H3,(H,31,32). The minimum absolute atomic E-state index is 0.230. The van der Waals surface area contributed by atoms with Gasteiger partial charge in [0.1, 0.15) is 5.69 Å². The lowest BCUT2D eigenvalue weighted by atomic mass is 10.1. The van der Waals surface area contributed by atoms with E-state index in [2.05, 4.69) is 22.1 Å². The Morgan fingerprint density at radius 3 is 2.45 bits per heavy atom. The minimum Gasteiger partial charge on any atom is -0.478 e. The third-order valence-corrected chi connectivity index (χ3v) is 6.77. The fraction of sp³-hybridized carbons (Fsp3) is 0.120. The van der Waals surface area contributed by atoms with Crippen LogP contribution in [0.25, 0.3) is 0 Å². The van der Waals surface area contributed by atoms with Crippen molar-refractivity contribution in [1.82, 2.24) is 9.78 Å². The Bertz CT molecular complexity index is 1380. The highest BCUT2D eigenvalue weighted by molar-refractivity contribution is 8.03. The van der Waals surface area contributed by atoms with E-state index in [1.807, 2.05) is 51.4 Å². The Hall–Kier alpha value is -3.91. The minimum atomic E-state index is -0.961. The molecule has 0 saturated heterocycles. The molecule has 3 aromatic rings. The number of thioether (sulfide) groups is 1. The summed E-state index contributed by atoms with van der Waals surface area (Å²) < 4.78 is 1.79. The van der Waals surface area contributed by atoms with Gasteiger partial charge < -0.3 is 10.0 Å². The summed E-state index contributed by atoms with van der Waals surface area (Å²) in [6.07, 6.45) is 3.99. The average Bonchev–Trinajstić information content (AvgIpc) is 3.48. The van der Waals surface area contributed by atoms with Crippen LogP contribution in [0, 0.1) is 6.92 Å². The van der Waals surface area contributed by atoms with Gasteiger partial charge in [0.2, 0.25) is 0 Å². The van der Waals surface area contributed by atoms with Crippen molar-refractivity contribution in [3.05, 3.63) is 100.0 Å². The first kappa shape index (κ1) is 21.0. The normalized spacial score (nSPS) is 17.5. The summed E-state index contributed by atoms with van der Waals surface area (Å²) in [5.41, 5.74) is 5.30. The van der Waals surface area contributed by atoms with E-state index in [9.17, 15) is 9.90 Å². The van der Waals surface area contributed by atoms with Crippen molar-refractivity contribution >= 4 is 35.0 Å². The lowest BCUT2D eigenvalue weighted by Gasteiger charge is -2.12. The Morgan fingerprint density at radius 2 is 1.79 bits per heavy atom. The second kappa shape index (κ2) is 8.22. The number of carboxylic acid groups (broad SMARTS) is 1. The highest BCUT2D eigenvalue weighted by Gasteiger charge is 2.23. The SMILES string of the molecule is Cc1cc(C2=NC(=CC=C3Sc4ccccc4N3C)C(c3ccc(C(=O)O)cc3)=N2)nn1C. The van der Waals surface area contributed by atoms with E-state index >= 15 is 0 Å². The first-order chi connectivity index (χ1) is 15.9. The number of para-hydroxylation sites is 1. The van der Waals surface area contributed by atoms with E-state index in [1.165, 1.54) is 10.6 Å². The van der Waals surface area contributed by atoms with Gasteiger partial charge >= 0.3 is 5.97 Å². The summed E-state index contributed by atoms with van der Waals surface area (Å²) in [6, 6.07) is 16.9. The highest BCUT2D eigenvalue weighted by Crippen LogP contribution is 2.44. The molecule has 1 aromatic heterocycles. The maximum absolute atomic E-state index is 11.3. The largest absolute Gasteiger partial charge is 0.478 e. The number of allylic oxidation sites excluding steroid dienone is 3. The van der Waals surface area contributed by atoms with Crippen LogP contribution in [0.15, 0.2) is 92.4 Å². The number of amidine groups is 1. The van der Waals surface area contributed by atoms with Gasteiger partial charge in [-0.05, 0) is 49.4 Å². The number of hydrogen-bond acceptors (Lipinski definition) is 6. The maximum Gasteiger partial charge on any atom is 0.335 e. The van der Waals surface area contributed by atoms with Crippen LogP contribution < -0.4 is 4.90 Å². The van der Waals surface area contributed by atoms with Crippen molar-refractivity contribution in [3.8, 4) is 0 Å². The Balaban J connectivity index is 1.54. The summed E-state index contributed by atoms with van der Waals surface area (Å²) in [7, 11) is 3.93. The molecule has 0 amide bonds. The van der Waals surface area contributed by atoms with Gasteiger partial charge in [-0.3, -0.25) is 4.68 Å². The summed E-state index contributed by atoms with van der Waals surface area (Å²) in [5, 5.41) is 14.8. The van der Waals surface area contributed by atoms with Gasteiger partial charge in [-0.1, -0.05) is 36.0 Å². The van der Waals surface area contributed by atoms with Crippen LogP contribution in [0.1, 0.15) is 27.3 Å². The number of rotatable bonds is 4. The van der Waals surface area contributed by atoms with Gasteiger partial charge in [-0.2, -0.15) is 5.10 Å². The number of aromatic carboxylic acids is 1. The van der Waals surface area contributed by atoms with Crippen molar-refractivity contribution in [2.45, 2.75) is 11.8 Å². The quantitative estimate of drug-likeness (QED) is 0.620. The zero-order valence-corrected chi connectivity index (χ0v) is 19.2. The molecule has 0 atom stereocenters. The smallest absolute Gasteiger partial charge is 0.335 e. The van der Waals surface area contributed by atoms with Crippen LogP contribution in [0.3, 0.4) is 0 Å². The fourth-order valence-corrected chi connectivity index (χ4v) is 4.71. The number of carboxylic acids is 1. The molecule has 1 N–H and O–H groups in total. The number of aryl methyl sites for hydroxylation is 2. The molecule has 164 valence electrons. The van der Waals surface area contributed by atoms with E-state index in [4.69, 9.17) is 9.98 Å². The number of fused-ring (bicyclic) bond motifs is 1. The Kier molecular flexibility index (Phi) is 5.22. The lowest BCUT2D eigenvalue weighted by Crippen LogP contribution is -2.09. The molecular weight excluding hydrogens is 434 g/mol. The second-order valence-electron chi connectivity index (χ2n) is 7.76. The molecule has 2 aliphatic heterocycles. The monoisotopic (exact) mass is 455 g/mol. The van der Waals surface area contributed by atoms with Gasteiger partial charge in [0.15, 0.2) is 5.84 Å². The zero-order valence-electron chi connectivity index (χ0n) is 18.4. The molecule has 0 fully saturated rings. The second-order valence-corrected chi connectivity index (χ2v) is 8.82. The molecule has 0 bridgehead atoms. The van der Waals surface area contributed by atoms with E-state index in [-0.39, 0.29) is 5.56 Å². The van der Waals surface area contributed by atoms with Crippen LogP contribution in [0.2, 0.25) is 0 Å². The van der Waals surface area contributed by atoms with Gasteiger partial charge in [0, 0.05) is 30.2 Å². The van der Waals surface area contributed by atoms with Crippen molar-refractivity contribution in [3.63, 3.8) is 0 Å². The van der Waals surface area contributed by atoms with Crippen molar-refractivity contribution in [2.75, 3.05) is 11.9 Å². The molecule has 0 radical (unpaired) electrons. The van der Waals surface area contributed by atoms with Gasteiger partial charge in [-0.15, -0.1) is 0 Å². The molecule has 0 aliphatic carbocycles. The van der Waals surface area contributed by atoms with E-state index < -0.39 is 5.97 Å². The molecule has 33 heavy (non-hydrogen) atoms. The van der Waals surface area contributed by atoms with Crippen molar-refractivity contribution < 1.29 is 9.90 Å². The molecule has 0 saturated carbocycles. The zero-order chi connectivity index (χ0) is 23.1. The number of nitrogens with zero attached hydrogens (tertiary/aromatic N) is 5. The Labute approximate surface area is 195 Å². The molecule has 0 spiro atoms. The first-order valence-electron chi connectivity index (χ1n) is 10.4. The van der Waals surface area contributed by atoms with Gasteiger partial charge in [-0.25, -0.2) is 14.8 Å². The predicted molar refractivity (Wildman–Crippen MR) is 131 cm³/mol. The van der Waals surface area contributed by atoms with Crippen LogP contribution in [-0.4, -0.2) is 39.5 Å². The number of carbonyl (C=O) groups is 1. The highest BCUT2D eigenvalue weighted by atomic mass is 32.2. The van der Waals surface area contributed by atoms with Gasteiger partial charge in [0.05, 0.1) is 27.7 Å². The summed E-state index contributed by atoms with van der Waals surface area (Å²) in [4.78, 5) is 24.2. The number of aliphatic imine (C=N–C) groups is 2. The molecular formula is C25H21N5O2S. The predicted octanol–water partition coefficient (Wildman–Crippen LogP) is 4.64. The molecule has 2 aromatic carbocycles. The topological polar surface area (TPSA) is 83.1 Å². The van der Waals surface area contributed by atoms with Crippen LogP contribution in [-0.2, 0) is 7.05 Å². The van der Waals surface area contributed by atoms with Crippen LogP contribution in [0.4, 0.5) is 5.69 Å². The third-order valence-electron chi connectivity index (χ3n) is 5.59.